The topological polar surface area (TPSA) is 238 Å². The van der Waals surface area contributed by atoms with Crippen molar-refractivity contribution < 1.29 is 104 Å². The van der Waals surface area contributed by atoms with Crippen LogP contribution in [0.2, 0.25) is 0 Å². The van der Waals surface area contributed by atoms with Crippen LogP contribution in [0.1, 0.15) is 27.7 Å². The molecule has 11 nitrogen and oxygen atoms in total. The average Bonchev–Trinajstić information content (AvgIpc) is 2.13. The summed E-state index contributed by atoms with van der Waals surface area (Å²) in [6.07, 6.45) is 0. The summed E-state index contributed by atoms with van der Waals surface area (Å²) in [6, 6.07) is 0. The van der Waals surface area contributed by atoms with E-state index in [1.54, 1.807) is 0 Å². The van der Waals surface area contributed by atoms with Crippen molar-refractivity contribution in [3.8, 4) is 0 Å². The average molecular weight is 362 g/mol. The van der Waals surface area contributed by atoms with Gasteiger partial charge in [0, 0.05) is 38.9 Å². The number of carbonyl (C=O) groups is 4. The Kier molecular flexibility index (Phi) is 107. The van der Waals surface area contributed by atoms with Crippen molar-refractivity contribution in [2.45, 2.75) is 27.7 Å². The zero-order valence-electron chi connectivity index (χ0n) is 14.4. The molecule has 0 radical (unpaired) electrons. The molecule has 0 amide bonds. The fourth-order valence-corrected chi connectivity index (χ4v) is 0. The summed E-state index contributed by atoms with van der Waals surface area (Å²) in [5.41, 5.74) is 9.81. The van der Waals surface area contributed by atoms with Gasteiger partial charge in [0.15, 0.2) is 0 Å². The molecule has 8 N–H and O–H groups in total. The van der Waals surface area contributed by atoms with E-state index in [1.165, 1.54) is 0 Å². The van der Waals surface area contributed by atoms with E-state index in [2.05, 4.69) is 0 Å². The summed E-state index contributed by atoms with van der Waals surface area (Å²) in [5.74, 6) is -3.83. The minimum atomic E-state index is -1.08. The number of carbonyl (C=O) groups excluding carboxylic acids is 2. The summed E-state index contributed by atoms with van der Waals surface area (Å²) in [7, 11) is 0. The summed E-state index contributed by atoms with van der Waals surface area (Å²) in [6.45, 7) is 5.31. The molecule has 0 atom stereocenters. The van der Waals surface area contributed by atoms with Crippen LogP contribution in [-0.4, -0.2) is 52.7 Å². The molecule has 13 heteroatoms. The van der Waals surface area contributed by atoms with Crippen LogP contribution >= 0.6 is 0 Å². The van der Waals surface area contributed by atoms with Crippen molar-refractivity contribution in [1.82, 2.24) is 0 Å². The van der Waals surface area contributed by atoms with Gasteiger partial charge >= 0.3 is 59.1 Å². The van der Waals surface area contributed by atoms with Crippen LogP contribution in [0.15, 0.2) is 0 Å². The van der Waals surface area contributed by atoms with E-state index in [9.17, 15) is 0 Å². The Bertz CT molecular complexity index is 201. The van der Waals surface area contributed by atoms with Gasteiger partial charge in [0.05, 0.1) is 0 Å². The standard InChI is InChI=1S/C2H8N2.4C2H4O2.2Na.H2O/c3-1-2-4;4*1-2(3)4;;;/h1-4H2;4*1H3,(H,3,4);;;1H2/q;;;;;2*+1;/p-2. The second kappa shape index (κ2) is 49.5. The number of nitrogens with two attached hydrogens (primary N) is 2. The molecule has 0 rings (SSSR count). The molecular formula is C10H24N2Na2O9. The van der Waals surface area contributed by atoms with Crippen molar-refractivity contribution in [3.05, 3.63) is 0 Å². The summed E-state index contributed by atoms with van der Waals surface area (Å²) in [4.78, 5) is 35.8. The maximum Gasteiger partial charge on any atom is 1.00 e. The van der Waals surface area contributed by atoms with E-state index in [0.717, 1.165) is 27.7 Å². The van der Waals surface area contributed by atoms with Crippen molar-refractivity contribution in [2.24, 2.45) is 11.5 Å². The first-order chi connectivity index (χ1) is 8.84. The summed E-state index contributed by atoms with van der Waals surface area (Å²) >= 11 is 0. The zero-order chi connectivity index (χ0) is 17.7. The van der Waals surface area contributed by atoms with Gasteiger partial charge in [0.1, 0.15) is 0 Å². The monoisotopic (exact) mass is 362 g/mol. The van der Waals surface area contributed by atoms with E-state index >= 15 is 0 Å². The maximum absolute atomic E-state index is 9.00. The number of carboxylic acids is 4. The fraction of sp³-hybridized carbons (Fsp3) is 0.600. The van der Waals surface area contributed by atoms with E-state index in [1.807, 2.05) is 0 Å². The molecule has 0 aromatic carbocycles. The quantitative estimate of drug-likeness (QED) is 0.321. The third-order valence-electron chi connectivity index (χ3n) is 0.167. The molecule has 0 heterocycles. The second-order valence-electron chi connectivity index (χ2n) is 2.60. The molecule has 0 aromatic heterocycles. The van der Waals surface area contributed by atoms with Crippen molar-refractivity contribution in [1.29, 1.82) is 0 Å². The van der Waals surface area contributed by atoms with Gasteiger partial charge in [-0.05, 0) is 13.8 Å². The van der Waals surface area contributed by atoms with E-state index in [0.29, 0.717) is 13.1 Å². The van der Waals surface area contributed by atoms with Crippen LogP contribution in [0.25, 0.3) is 0 Å². The number of hydrogen-bond acceptors (Lipinski definition) is 8. The van der Waals surface area contributed by atoms with Gasteiger partial charge in [-0.25, -0.2) is 0 Å². The normalized spacial score (nSPS) is 5.65. The first-order valence-corrected chi connectivity index (χ1v) is 4.99. The molecule has 0 spiro atoms. The van der Waals surface area contributed by atoms with E-state index < -0.39 is 23.9 Å². The van der Waals surface area contributed by atoms with Crippen LogP contribution in [-0.2, 0) is 19.2 Å². The van der Waals surface area contributed by atoms with Gasteiger partial charge in [-0.2, -0.15) is 0 Å². The first-order valence-electron chi connectivity index (χ1n) is 4.99. The van der Waals surface area contributed by atoms with Crippen molar-refractivity contribution in [2.75, 3.05) is 13.1 Å². The molecule has 0 fully saturated rings. The maximum atomic E-state index is 9.00. The predicted molar refractivity (Wildman–Crippen MR) is 69.7 cm³/mol. The SMILES string of the molecule is CC(=O)O.CC(=O)O.CC(=O)[O-].CC(=O)[O-].NCCN.O.[Na+].[Na+]. The summed E-state index contributed by atoms with van der Waals surface area (Å²) in [5, 5.41) is 32.6. The number of aliphatic carboxylic acids is 4. The van der Waals surface area contributed by atoms with Gasteiger partial charge in [0.25, 0.3) is 11.9 Å². The zero-order valence-corrected chi connectivity index (χ0v) is 18.4. The van der Waals surface area contributed by atoms with Gasteiger partial charge in [-0.3, -0.25) is 9.59 Å². The predicted octanol–water partition coefficient (Wildman–Crippen LogP) is -10.2. The molecule has 0 bridgehead atoms. The number of rotatable bonds is 1. The van der Waals surface area contributed by atoms with Crippen LogP contribution in [0.5, 0.6) is 0 Å². The fourth-order valence-electron chi connectivity index (χ4n) is 0. The molecule has 0 aromatic rings. The molecule has 0 unspecified atom stereocenters. The molecule has 130 valence electrons. The second-order valence-corrected chi connectivity index (χ2v) is 2.60. The Morgan fingerprint density at radius 1 is 0.739 bits per heavy atom. The Balaban J connectivity index is -0.0000000197. The molecule has 0 aliphatic carbocycles. The molecule has 23 heavy (non-hydrogen) atoms. The molecule has 0 aliphatic heterocycles. The molecule has 0 saturated carbocycles. The largest absolute Gasteiger partial charge is 1.00 e. The minimum absolute atomic E-state index is 0. The number of carboxylic acid groups (broad SMARTS) is 4. The third kappa shape index (κ3) is 14700. The molecular weight excluding hydrogens is 338 g/mol. The van der Waals surface area contributed by atoms with Gasteiger partial charge < -0.3 is 47.0 Å². The molecule has 0 saturated heterocycles. The van der Waals surface area contributed by atoms with Crippen LogP contribution in [0, 0.1) is 0 Å². The first kappa shape index (κ1) is 49.5. The van der Waals surface area contributed by atoms with Gasteiger partial charge in [-0.15, -0.1) is 0 Å². The van der Waals surface area contributed by atoms with Crippen LogP contribution in [0.3, 0.4) is 0 Å². The Morgan fingerprint density at radius 3 is 0.783 bits per heavy atom. The van der Waals surface area contributed by atoms with Crippen molar-refractivity contribution >= 4 is 23.9 Å². The van der Waals surface area contributed by atoms with E-state index in [-0.39, 0.29) is 64.6 Å². The Hall–Kier alpha value is -0.240. The minimum Gasteiger partial charge on any atom is -0.550 e. The Morgan fingerprint density at radius 2 is 0.783 bits per heavy atom. The number of hydrogen-bond donors (Lipinski definition) is 4. The van der Waals surface area contributed by atoms with E-state index in [4.69, 9.17) is 51.1 Å². The van der Waals surface area contributed by atoms with Crippen LogP contribution < -0.4 is 80.8 Å². The van der Waals surface area contributed by atoms with Crippen molar-refractivity contribution in [3.63, 3.8) is 0 Å². The van der Waals surface area contributed by atoms with Crippen LogP contribution in [0.4, 0.5) is 0 Å². The molecule has 0 aliphatic rings. The summed E-state index contributed by atoms with van der Waals surface area (Å²) < 4.78 is 0. The van der Waals surface area contributed by atoms with Gasteiger partial charge in [0.2, 0.25) is 0 Å². The van der Waals surface area contributed by atoms with Gasteiger partial charge in [-0.1, -0.05) is 0 Å². The third-order valence-corrected chi connectivity index (χ3v) is 0.167. The smallest absolute Gasteiger partial charge is 0.550 e. The Labute approximate surface area is 179 Å².